The maximum atomic E-state index is 13.8. The molecule has 1 aromatic heterocycles. The zero-order valence-corrected chi connectivity index (χ0v) is 12.5. The average Bonchev–Trinajstić information content (AvgIpc) is 2.42. The van der Waals surface area contributed by atoms with Gasteiger partial charge < -0.3 is 10.1 Å². The van der Waals surface area contributed by atoms with E-state index in [1.807, 2.05) is 6.92 Å². The van der Waals surface area contributed by atoms with Crippen LogP contribution in [0.3, 0.4) is 0 Å². The van der Waals surface area contributed by atoms with Crippen LogP contribution < -0.4 is 10.1 Å². The van der Waals surface area contributed by atoms with Gasteiger partial charge in [-0.2, -0.15) is 0 Å². The number of carbonyl (C=O) groups excluding carboxylic acids is 1. The fourth-order valence-corrected chi connectivity index (χ4v) is 1.90. The Kier molecular flexibility index (Phi) is 4.34. The van der Waals surface area contributed by atoms with Gasteiger partial charge >= 0.3 is 0 Å². The Balaban J connectivity index is 2.30. The first kappa shape index (κ1) is 14.5. The molecule has 4 nitrogen and oxygen atoms in total. The lowest BCUT2D eigenvalue weighted by atomic mass is 10.1. The molecule has 0 aliphatic rings. The Morgan fingerprint density at radius 3 is 2.85 bits per heavy atom. The molecule has 2 aromatic rings. The predicted octanol–water partition coefficient (Wildman–Crippen LogP) is 3.55. The highest BCUT2D eigenvalue weighted by atomic mass is 79.9. The van der Waals surface area contributed by atoms with E-state index in [1.54, 1.807) is 12.3 Å². The van der Waals surface area contributed by atoms with E-state index < -0.39 is 11.7 Å². The van der Waals surface area contributed by atoms with Gasteiger partial charge in [-0.15, -0.1) is 0 Å². The van der Waals surface area contributed by atoms with E-state index in [0.29, 0.717) is 5.82 Å². The molecule has 104 valence electrons. The number of nitrogens with zero attached hydrogens (tertiary/aromatic N) is 1. The fourth-order valence-electron chi connectivity index (χ4n) is 1.68. The first-order chi connectivity index (χ1) is 9.52. The van der Waals surface area contributed by atoms with Crippen molar-refractivity contribution in [1.29, 1.82) is 0 Å². The number of hydrogen-bond donors (Lipinski definition) is 1. The molecule has 0 spiro atoms. The minimum atomic E-state index is -0.643. The molecule has 1 heterocycles. The van der Waals surface area contributed by atoms with Crippen LogP contribution in [-0.2, 0) is 0 Å². The second kappa shape index (κ2) is 6.00. The van der Waals surface area contributed by atoms with Gasteiger partial charge in [0, 0.05) is 10.7 Å². The van der Waals surface area contributed by atoms with E-state index >= 15 is 0 Å². The molecule has 0 unspecified atom stereocenters. The van der Waals surface area contributed by atoms with Crippen LogP contribution >= 0.6 is 15.9 Å². The molecule has 0 aliphatic carbocycles. The van der Waals surface area contributed by atoms with Gasteiger partial charge in [-0.25, -0.2) is 9.37 Å². The normalized spacial score (nSPS) is 10.2. The molecule has 0 atom stereocenters. The first-order valence-corrected chi connectivity index (χ1v) is 6.58. The number of hydrogen-bond acceptors (Lipinski definition) is 3. The van der Waals surface area contributed by atoms with E-state index in [2.05, 4.69) is 26.2 Å². The SMILES string of the molecule is COc1cccc(F)c1C(=O)Nc1cc(C)c(Br)cn1. The summed E-state index contributed by atoms with van der Waals surface area (Å²) in [6, 6.07) is 5.90. The van der Waals surface area contributed by atoms with Crippen LogP contribution in [0.15, 0.2) is 34.9 Å². The van der Waals surface area contributed by atoms with Crippen LogP contribution in [0.1, 0.15) is 15.9 Å². The number of pyridine rings is 1. The second-order valence-corrected chi connectivity index (χ2v) is 4.94. The van der Waals surface area contributed by atoms with Crippen LogP contribution in [0.5, 0.6) is 5.75 Å². The van der Waals surface area contributed by atoms with Crippen molar-refractivity contribution in [2.45, 2.75) is 6.92 Å². The molecule has 0 fully saturated rings. The van der Waals surface area contributed by atoms with Crippen molar-refractivity contribution < 1.29 is 13.9 Å². The van der Waals surface area contributed by atoms with E-state index in [9.17, 15) is 9.18 Å². The van der Waals surface area contributed by atoms with Gasteiger partial charge in [-0.1, -0.05) is 6.07 Å². The third-order valence-corrected chi connectivity index (χ3v) is 3.54. The largest absolute Gasteiger partial charge is 0.496 e. The van der Waals surface area contributed by atoms with Crippen molar-refractivity contribution >= 4 is 27.7 Å². The summed E-state index contributed by atoms with van der Waals surface area (Å²) in [6.07, 6.45) is 1.57. The molecule has 0 saturated heterocycles. The van der Waals surface area contributed by atoms with Crippen molar-refractivity contribution in [3.63, 3.8) is 0 Å². The highest BCUT2D eigenvalue weighted by Gasteiger charge is 2.18. The van der Waals surface area contributed by atoms with Crippen LogP contribution in [0, 0.1) is 12.7 Å². The summed E-state index contributed by atoms with van der Waals surface area (Å²) >= 11 is 3.32. The van der Waals surface area contributed by atoms with Crippen molar-refractivity contribution in [2.75, 3.05) is 12.4 Å². The number of aromatic nitrogens is 1. The minimum Gasteiger partial charge on any atom is -0.496 e. The quantitative estimate of drug-likeness (QED) is 0.930. The Morgan fingerprint density at radius 2 is 2.20 bits per heavy atom. The predicted molar refractivity (Wildman–Crippen MR) is 77.6 cm³/mol. The Bertz CT molecular complexity index is 662. The first-order valence-electron chi connectivity index (χ1n) is 5.79. The van der Waals surface area contributed by atoms with Crippen molar-refractivity contribution in [1.82, 2.24) is 4.98 Å². The summed E-state index contributed by atoms with van der Waals surface area (Å²) in [4.78, 5) is 16.2. The van der Waals surface area contributed by atoms with E-state index in [1.165, 1.54) is 25.3 Å². The van der Waals surface area contributed by atoms with E-state index in [4.69, 9.17) is 4.74 Å². The van der Waals surface area contributed by atoms with Gasteiger partial charge in [0.2, 0.25) is 0 Å². The third-order valence-electron chi connectivity index (χ3n) is 2.71. The summed E-state index contributed by atoms with van der Waals surface area (Å²) in [5, 5.41) is 2.55. The van der Waals surface area contributed by atoms with Crippen molar-refractivity contribution in [3.8, 4) is 5.75 Å². The van der Waals surface area contributed by atoms with Gasteiger partial charge in [0.25, 0.3) is 5.91 Å². The van der Waals surface area contributed by atoms with Crippen LogP contribution in [0.2, 0.25) is 0 Å². The number of aryl methyl sites for hydroxylation is 1. The molecule has 2 rings (SSSR count). The lowest BCUT2D eigenvalue weighted by molar-refractivity contribution is 0.101. The molecular weight excluding hydrogens is 327 g/mol. The highest BCUT2D eigenvalue weighted by Crippen LogP contribution is 2.23. The number of halogens is 2. The van der Waals surface area contributed by atoms with Crippen LogP contribution in [0.4, 0.5) is 10.2 Å². The topological polar surface area (TPSA) is 51.2 Å². The molecule has 0 radical (unpaired) electrons. The lowest BCUT2D eigenvalue weighted by Gasteiger charge is -2.10. The zero-order valence-electron chi connectivity index (χ0n) is 10.9. The summed E-state index contributed by atoms with van der Waals surface area (Å²) in [7, 11) is 1.38. The summed E-state index contributed by atoms with van der Waals surface area (Å²) in [6.45, 7) is 1.87. The van der Waals surface area contributed by atoms with Gasteiger partial charge in [-0.3, -0.25) is 4.79 Å². The monoisotopic (exact) mass is 338 g/mol. The standard InChI is InChI=1S/C14H12BrFN2O2/c1-8-6-12(17-7-9(8)15)18-14(19)13-10(16)4-3-5-11(13)20-2/h3-7H,1-2H3,(H,17,18,19). The average molecular weight is 339 g/mol. The number of ether oxygens (including phenoxy) is 1. The lowest BCUT2D eigenvalue weighted by Crippen LogP contribution is -2.16. The number of rotatable bonds is 3. The van der Waals surface area contributed by atoms with Gasteiger partial charge in [-0.05, 0) is 46.6 Å². The van der Waals surface area contributed by atoms with Gasteiger partial charge in [0.05, 0.1) is 7.11 Å². The second-order valence-electron chi connectivity index (χ2n) is 4.09. The van der Waals surface area contributed by atoms with Gasteiger partial charge in [0.15, 0.2) is 0 Å². The number of methoxy groups -OCH3 is 1. The number of nitrogens with one attached hydrogen (secondary N) is 1. The van der Waals surface area contributed by atoms with Crippen molar-refractivity contribution in [3.05, 3.63) is 51.9 Å². The number of benzene rings is 1. The maximum absolute atomic E-state index is 13.8. The smallest absolute Gasteiger partial charge is 0.263 e. The molecular formula is C14H12BrFN2O2. The molecule has 1 N–H and O–H groups in total. The van der Waals surface area contributed by atoms with Crippen LogP contribution in [-0.4, -0.2) is 18.0 Å². The number of carbonyl (C=O) groups is 1. The van der Waals surface area contributed by atoms with Crippen molar-refractivity contribution in [2.24, 2.45) is 0 Å². The molecule has 0 aliphatic heterocycles. The summed E-state index contributed by atoms with van der Waals surface area (Å²) in [5.41, 5.74) is 0.771. The number of anilines is 1. The molecule has 6 heteroatoms. The molecule has 1 amide bonds. The zero-order chi connectivity index (χ0) is 14.7. The Hall–Kier alpha value is -1.95. The molecule has 0 bridgehead atoms. The third kappa shape index (κ3) is 2.96. The molecule has 0 saturated carbocycles. The highest BCUT2D eigenvalue weighted by molar-refractivity contribution is 9.10. The summed E-state index contributed by atoms with van der Waals surface area (Å²) in [5.74, 6) is -0.720. The molecule has 1 aromatic carbocycles. The van der Waals surface area contributed by atoms with Gasteiger partial charge in [0.1, 0.15) is 22.9 Å². The van der Waals surface area contributed by atoms with E-state index in [-0.39, 0.29) is 11.3 Å². The maximum Gasteiger partial charge on any atom is 0.263 e. The Labute approximate surface area is 124 Å². The Morgan fingerprint density at radius 1 is 1.45 bits per heavy atom. The fraction of sp³-hybridized carbons (Fsp3) is 0.143. The van der Waals surface area contributed by atoms with Crippen LogP contribution in [0.25, 0.3) is 0 Å². The number of amides is 1. The van der Waals surface area contributed by atoms with E-state index in [0.717, 1.165) is 10.0 Å². The molecule has 20 heavy (non-hydrogen) atoms. The summed E-state index contributed by atoms with van der Waals surface area (Å²) < 4.78 is 19.6. The minimum absolute atomic E-state index is 0.141.